The first-order valence-electron chi connectivity index (χ1n) is 8.01. The average Bonchev–Trinajstić information content (AvgIpc) is 2.85. The number of amides is 2. The Morgan fingerprint density at radius 3 is 2.17 bits per heavy atom. The summed E-state index contributed by atoms with van der Waals surface area (Å²) in [4.78, 5) is 40.7. The molecule has 3 rings (SSSR count). The number of carbonyl (C=O) groups is 2. The van der Waals surface area contributed by atoms with E-state index in [1.54, 1.807) is 30.3 Å². The Morgan fingerprint density at radius 2 is 1.62 bits per heavy atom. The number of hydrogen-bond acceptors (Lipinski definition) is 4. The number of hydrogen-bond donors (Lipinski definition) is 2. The Kier molecular flexibility index (Phi) is 4.20. The van der Waals surface area contributed by atoms with Crippen LogP contribution in [0.4, 0.5) is 5.69 Å². The second-order valence-corrected chi connectivity index (χ2v) is 5.64. The molecule has 6 heteroatoms. The second-order valence-electron chi connectivity index (χ2n) is 5.64. The Morgan fingerprint density at radius 1 is 1.00 bits per heavy atom. The third kappa shape index (κ3) is 2.60. The van der Waals surface area contributed by atoms with Gasteiger partial charge in [-0.2, -0.15) is 0 Å². The van der Waals surface area contributed by atoms with Gasteiger partial charge in [-0.1, -0.05) is 26.0 Å². The van der Waals surface area contributed by atoms with Crippen LogP contribution >= 0.6 is 0 Å². The molecule has 0 atom stereocenters. The fourth-order valence-electron chi connectivity index (χ4n) is 2.92. The van der Waals surface area contributed by atoms with Gasteiger partial charge in [-0.15, -0.1) is 0 Å². The molecular formula is C18H19N3O3. The van der Waals surface area contributed by atoms with Crippen LogP contribution in [0.25, 0.3) is 0 Å². The maximum absolute atomic E-state index is 12.3. The van der Waals surface area contributed by atoms with E-state index < -0.39 is 0 Å². The number of benzene rings is 1. The van der Waals surface area contributed by atoms with E-state index in [1.807, 2.05) is 13.8 Å². The van der Waals surface area contributed by atoms with Crippen molar-refractivity contribution in [2.24, 2.45) is 0 Å². The maximum Gasteiger partial charge on any atom is 0.271 e. The number of aromatic nitrogens is 1. The maximum atomic E-state index is 12.3. The minimum Gasteiger partial charge on any atom is -0.363 e. The molecule has 0 spiro atoms. The summed E-state index contributed by atoms with van der Waals surface area (Å²) < 4.78 is 0. The zero-order valence-electron chi connectivity index (χ0n) is 13.7. The highest BCUT2D eigenvalue weighted by molar-refractivity contribution is 6.21. The number of fused-ring (bicyclic) bond motifs is 1. The molecule has 2 heterocycles. The van der Waals surface area contributed by atoms with Gasteiger partial charge in [0.1, 0.15) is 5.69 Å². The van der Waals surface area contributed by atoms with Crippen LogP contribution < -0.4 is 10.9 Å². The summed E-state index contributed by atoms with van der Waals surface area (Å²) in [6.07, 6.45) is 1.54. The van der Waals surface area contributed by atoms with E-state index in [1.165, 1.54) is 0 Å². The number of aromatic amines is 1. The van der Waals surface area contributed by atoms with Gasteiger partial charge in [0.2, 0.25) is 0 Å². The van der Waals surface area contributed by atoms with Crippen LogP contribution in [0.5, 0.6) is 0 Å². The molecule has 124 valence electrons. The highest BCUT2D eigenvalue weighted by Gasteiger charge is 2.34. The topological polar surface area (TPSA) is 82.3 Å². The van der Waals surface area contributed by atoms with Crippen LogP contribution in [-0.4, -0.2) is 28.4 Å². The number of nitrogens with zero attached hydrogens (tertiary/aromatic N) is 1. The molecule has 0 unspecified atom stereocenters. The largest absolute Gasteiger partial charge is 0.363 e. The van der Waals surface area contributed by atoms with Crippen molar-refractivity contribution >= 4 is 17.5 Å². The first-order chi connectivity index (χ1) is 11.6. The molecule has 1 aliphatic heterocycles. The van der Waals surface area contributed by atoms with Crippen LogP contribution in [0.2, 0.25) is 0 Å². The van der Waals surface area contributed by atoms with Gasteiger partial charge in [0.05, 0.1) is 17.8 Å². The predicted molar refractivity (Wildman–Crippen MR) is 91.3 cm³/mol. The molecule has 0 saturated heterocycles. The lowest BCUT2D eigenvalue weighted by Gasteiger charge is -2.16. The lowest BCUT2D eigenvalue weighted by molar-refractivity contribution is 0.0665. The van der Waals surface area contributed by atoms with E-state index in [9.17, 15) is 14.4 Å². The fourth-order valence-corrected chi connectivity index (χ4v) is 2.92. The summed E-state index contributed by atoms with van der Waals surface area (Å²) in [5, 5.41) is 2.92. The number of anilines is 1. The molecular weight excluding hydrogens is 306 g/mol. The monoisotopic (exact) mass is 325 g/mol. The van der Waals surface area contributed by atoms with Gasteiger partial charge in [0.15, 0.2) is 0 Å². The fraction of sp³-hybridized carbons (Fsp3) is 0.278. The number of rotatable bonds is 5. The SMILES string of the molecule is CCc1cc(NCN2C(=O)c3ccccc3C2=O)c(=O)[nH]c1CC. The number of imide groups is 1. The molecule has 0 radical (unpaired) electrons. The van der Waals surface area contributed by atoms with Gasteiger partial charge >= 0.3 is 0 Å². The Hall–Kier alpha value is -2.89. The van der Waals surface area contributed by atoms with Crippen LogP contribution in [0.15, 0.2) is 35.1 Å². The van der Waals surface area contributed by atoms with Crippen molar-refractivity contribution in [3.8, 4) is 0 Å². The molecule has 0 aliphatic carbocycles. The van der Waals surface area contributed by atoms with E-state index in [2.05, 4.69) is 10.3 Å². The van der Waals surface area contributed by atoms with Gasteiger partial charge in [-0.05, 0) is 36.6 Å². The minimum atomic E-state index is -0.347. The van der Waals surface area contributed by atoms with E-state index in [4.69, 9.17) is 0 Å². The van der Waals surface area contributed by atoms with Crippen molar-refractivity contribution in [2.75, 3.05) is 12.0 Å². The molecule has 2 amide bonds. The molecule has 2 N–H and O–H groups in total. The quantitative estimate of drug-likeness (QED) is 0.825. The smallest absolute Gasteiger partial charge is 0.271 e. The standard InChI is InChI=1S/C18H19N3O3/c1-3-11-9-15(16(22)20-14(11)4-2)19-10-21-17(23)12-7-5-6-8-13(12)18(21)24/h5-9,19H,3-4,10H2,1-2H3,(H,20,22). The van der Waals surface area contributed by atoms with Crippen molar-refractivity contribution in [2.45, 2.75) is 26.7 Å². The van der Waals surface area contributed by atoms with Crippen LogP contribution in [0, 0.1) is 0 Å². The molecule has 0 bridgehead atoms. The van der Waals surface area contributed by atoms with Crippen molar-refractivity contribution in [3.05, 3.63) is 63.1 Å². The van der Waals surface area contributed by atoms with E-state index in [-0.39, 0.29) is 24.0 Å². The minimum absolute atomic E-state index is 0.0376. The van der Waals surface area contributed by atoms with Gasteiger partial charge < -0.3 is 10.3 Å². The molecule has 0 saturated carbocycles. The van der Waals surface area contributed by atoms with E-state index >= 15 is 0 Å². The summed E-state index contributed by atoms with van der Waals surface area (Å²) in [7, 11) is 0. The lowest BCUT2D eigenvalue weighted by Crippen LogP contribution is -2.35. The lowest BCUT2D eigenvalue weighted by atomic mass is 10.1. The van der Waals surface area contributed by atoms with E-state index in [0.717, 1.165) is 29.0 Å². The molecule has 1 aromatic carbocycles. The van der Waals surface area contributed by atoms with Gasteiger partial charge in [0.25, 0.3) is 17.4 Å². The number of pyridine rings is 1. The second kappa shape index (κ2) is 6.31. The third-order valence-electron chi connectivity index (χ3n) is 4.26. The van der Waals surface area contributed by atoms with E-state index in [0.29, 0.717) is 16.8 Å². The Balaban J connectivity index is 1.81. The predicted octanol–water partition coefficient (Wildman–Crippen LogP) is 2.17. The van der Waals surface area contributed by atoms with Gasteiger partial charge in [-0.25, -0.2) is 0 Å². The number of aryl methyl sites for hydroxylation is 2. The molecule has 1 aliphatic rings. The normalized spacial score (nSPS) is 13.3. The van der Waals surface area contributed by atoms with Crippen molar-refractivity contribution in [1.82, 2.24) is 9.88 Å². The average molecular weight is 325 g/mol. The van der Waals surface area contributed by atoms with Crippen molar-refractivity contribution < 1.29 is 9.59 Å². The van der Waals surface area contributed by atoms with Gasteiger partial charge in [-0.3, -0.25) is 19.3 Å². The van der Waals surface area contributed by atoms with Crippen molar-refractivity contribution in [3.63, 3.8) is 0 Å². The number of carbonyl (C=O) groups excluding carboxylic acids is 2. The summed E-state index contributed by atoms with van der Waals surface area (Å²) in [6, 6.07) is 8.50. The highest BCUT2D eigenvalue weighted by atomic mass is 16.2. The first kappa shape index (κ1) is 16.0. The zero-order chi connectivity index (χ0) is 17.3. The van der Waals surface area contributed by atoms with Crippen LogP contribution in [0.1, 0.15) is 45.8 Å². The summed E-state index contributed by atoms with van der Waals surface area (Å²) in [5.41, 5.74) is 2.86. The van der Waals surface area contributed by atoms with Crippen molar-refractivity contribution in [1.29, 1.82) is 0 Å². The summed E-state index contributed by atoms with van der Waals surface area (Å²) >= 11 is 0. The Labute approximate surface area is 139 Å². The number of nitrogens with one attached hydrogen (secondary N) is 2. The highest BCUT2D eigenvalue weighted by Crippen LogP contribution is 2.22. The molecule has 2 aromatic rings. The Bertz CT molecular complexity index is 835. The molecule has 0 fully saturated rings. The van der Waals surface area contributed by atoms with Crippen LogP contribution in [-0.2, 0) is 12.8 Å². The molecule has 24 heavy (non-hydrogen) atoms. The summed E-state index contributed by atoms with van der Waals surface area (Å²) in [6.45, 7) is 3.96. The number of H-pyrrole nitrogens is 1. The summed E-state index contributed by atoms with van der Waals surface area (Å²) in [5.74, 6) is -0.694. The first-order valence-corrected chi connectivity index (χ1v) is 8.01. The van der Waals surface area contributed by atoms with Gasteiger partial charge in [0, 0.05) is 5.69 Å². The molecule has 1 aromatic heterocycles. The van der Waals surface area contributed by atoms with Crippen LogP contribution in [0.3, 0.4) is 0 Å². The zero-order valence-corrected chi connectivity index (χ0v) is 13.7. The molecule has 6 nitrogen and oxygen atoms in total. The third-order valence-corrected chi connectivity index (χ3v) is 4.26.